The van der Waals surface area contributed by atoms with Crippen LogP contribution in [0.25, 0.3) is 0 Å². The zero-order chi connectivity index (χ0) is 17.7. The van der Waals surface area contributed by atoms with Gasteiger partial charge < -0.3 is 0 Å². The van der Waals surface area contributed by atoms with Gasteiger partial charge in [-0.1, -0.05) is 30.2 Å². The molecule has 7 heteroatoms. The van der Waals surface area contributed by atoms with E-state index in [2.05, 4.69) is 21.1 Å². The molecule has 1 aromatic carbocycles. The molecular weight excluding hydrogens is 376 g/mol. The van der Waals surface area contributed by atoms with E-state index in [-0.39, 0.29) is 11.8 Å². The SMILES string of the molecule is O=S(=O)(Cc1cccc(Cl)c1)NCC(c1ccsc1)N1CCCCC1. The molecule has 0 amide bonds. The van der Waals surface area contributed by atoms with Crippen LogP contribution >= 0.6 is 22.9 Å². The number of rotatable bonds is 7. The third kappa shape index (κ3) is 5.53. The van der Waals surface area contributed by atoms with E-state index >= 15 is 0 Å². The molecule has 0 aliphatic carbocycles. The van der Waals surface area contributed by atoms with E-state index < -0.39 is 10.0 Å². The second-order valence-corrected chi connectivity index (χ2v) is 9.43. The maximum Gasteiger partial charge on any atom is 0.215 e. The van der Waals surface area contributed by atoms with E-state index in [1.54, 1.807) is 35.6 Å². The van der Waals surface area contributed by atoms with Crippen LogP contribution in [0.5, 0.6) is 0 Å². The Morgan fingerprint density at radius 3 is 2.68 bits per heavy atom. The maximum absolute atomic E-state index is 12.5. The first-order valence-corrected chi connectivity index (χ1v) is 11.5. The molecule has 136 valence electrons. The fourth-order valence-electron chi connectivity index (χ4n) is 3.26. The third-order valence-electron chi connectivity index (χ3n) is 4.50. The molecule has 1 fully saturated rings. The van der Waals surface area contributed by atoms with Crippen LogP contribution in [0.4, 0.5) is 0 Å². The minimum Gasteiger partial charge on any atom is -0.295 e. The molecule has 1 aromatic heterocycles. The molecule has 1 atom stereocenters. The van der Waals surface area contributed by atoms with Gasteiger partial charge in [0.05, 0.1) is 5.75 Å². The molecule has 4 nitrogen and oxygen atoms in total. The maximum atomic E-state index is 12.5. The number of hydrogen-bond donors (Lipinski definition) is 1. The van der Waals surface area contributed by atoms with Gasteiger partial charge in [-0.15, -0.1) is 0 Å². The molecule has 1 saturated heterocycles. The number of benzene rings is 1. The lowest BCUT2D eigenvalue weighted by Crippen LogP contribution is -2.40. The lowest BCUT2D eigenvalue weighted by molar-refractivity contribution is 0.165. The third-order valence-corrected chi connectivity index (χ3v) is 6.76. The summed E-state index contributed by atoms with van der Waals surface area (Å²) in [4.78, 5) is 2.40. The second-order valence-electron chi connectivity index (χ2n) is 6.41. The molecule has 25 heavy (non-hydrogen) atoms. The topological polar surface area (TPSA) is 49.4 Å². The molecule has 1 aliphatic rings. The number of hydrogen-bond acceptors (Lipinski definition) is 4. The van der Waals surface area contributed by atoms with Crippen molar-refractivity contribution < 1.29 is 8.42 Å². The van der Waals surface area contributed by atoms with Gasteiger partial charge >= 0.3 is 0 Å². The van der Waals surface area contributed by atoms with Gasteiger partial charge in [0.15, 0.2) is 0 Å². The van der Waals surface area contributed by atoms with Crippen molar-refractivity contribution in [1.29, 1.82) is 0 Å². The van der Waals surface area contributed by atoms with Crippen molar-refractivity contribution in [3.8, 4) is 0 Å². The number of halogens is 1. The van der Waals surface area contributed by atoms with Crippen molar-refractivity contribution in [2.75, 3.05) is 19.6 Å². The normalized spacial score (nSPS) is 17.5. The van der Waals surface area contributed by atoms with Gasteiger partial charge in [0.25, 0.3) is 0 Å². The highest BCUT2D eigenvalue weighted by molar-refractivity contribution is 7.88. The lowest BCUT2D eigenvalue weighted by atomic mass is 10.0. The number of piperidine rings is 1. The van der Waals surface area contributed by atoms with E-state index in [1.807, 2.05) is 5.38 Å². The van der Waals surface area contributed by atoms with Crippen molar-refractivity contribution in [2.45, 2.75) is 31.1 Å². The minimum absolute atomic E-state index is 0.0517. The van der Waals surface area contributed by atoms with Crippen LogP contribution in [0.2, 0.25) is 5.02 Å². The summed E-state index contributed by atoms with van der Waals surface area (Å²) in [6.07, 6.45) is 3.61. The van der Waals surface area contributed by atoms with Crippen LogP contribution in [-0.4, -0.2) is 33.0 Å². The van der Waals surface area contributed by atoms with E-state index in [0.717, 1.165) is 13.1 Å². The largest absolute Gasteiger partial charge is 0.295 e. The van der Waals surface area contributed by atoms with Crippen molar-refractivity contribution in [1.82, 2.24) is 9.62 Å². The van der Waals surface area contributed by atoms with Crippen LogP contribution in [0.3, 0.4) is 0 Å². The van der Waals surface area contributed by atoms with E-state index in [4.69, 9.17) is 11.6 Å². The standard InChI is InChI=1S/C18H23ClN2O2S2/c19-17-6-4-5-15(11-17)14-25(22,23)20-12-18(16-7-10-24-13-16)21-8-2-1-3-9-21/h4-7,10-11,13,18,20H,1-3,8-9,12,14H2. The lowest BCUT2D eigenvalue weighted by Gasteiger charge is -2.34. The summed E-state index contributed by atoms with van der Waals surface area (Å²) in [6, 6.07) is 9.19. The van der Waals surface area contributed by atoms with Crippen LogP contribution < -0.4 is 4.72 Å². The predicted molar refractivity (Wildman–Crippen MR) is 105 cm³/mol. The van der Waals surface area contributed by atoms with Gasteiger partial charge in [-0.05, 0) is 66.0 Å². The summed E-state index contributed by atoms with van der Waals surface area (Å²) in [6.45, 7) is 2.45. The van der Waals surface area contributed by atoms with Crippen LogP contribution in [0.1, 0.15) is 36.4 Å². The smallest absolute Gasteiger partial charge is 0.215 e. The first kappa shape index (κ1) is 18.9. The Kier molecular flexibility index (Phi) is 6.52. The average Bonchev–Trinajstić information content (AvgIpc) is 3.10. The highest BCUT2D eigenvalue weighted by atomic mass is 35.5. The Balaban J connectivity index is 1.67. The molecule has 3 rings (SSSR count). The van der Waals surface area contributed by atoms with Gasteiger partial charge in [-0.2, -0.15) is 11.3 Å². The molecular formula is C18H23ClN2O2S2. The van der Waals surface area contributed by atoms with Gasteiger partial charge in [0, 0.05) is 17.6 Å². The molecule has 2 heterocycles. The fraction of sp³-hybridized carbons (Fsp3) is 0.444. The molecule has 1 aliphatic heterocycles. The number of nitrogens with one attached hydrogen (secondary N) is 1. The summed E-state index contributed by atoms with van der Waals surface area (Å²) >= 11 is 7.60. The molecule has 0 spiro atoms. The summed E-state index contributed by atoms with van der Waals surface area (Å²) in [7, 11) is -3.41. The number of sulfonamides is 1. The Labute approximate surface area is 158 Å². The first-order valence-electron chi connectivity index (χ1n) is 8.51. The zero-order valence-corrected chi connectivity index (χ0v) is 16.4. The highest BCUT2D eigenvalue weighted by Gasteiger charge is 2.24. The van der Waals surface area contributed by atoms with Crippen molar-refractivity contribution in [3.63, 3.8) is 0 Å². The summed E-state index contributed by atoms with van der Waals surface area (Å²) in [5, 5.41) is 4.72. The summed E-state index contributed by atoms with van der Waals surface area (Å²) in [5.74, 6) is -0.0517. The Bertz CT molecular complexity index is 772. The minimum atomic E-state index is -3.41. The highest BCUT2D eigenvalue weighted by Crippen LogP contribution is 2.26. The molecule has 1 N–H and O–H groups in total. The van der Waals surface area contributed by atoms with E-state index in [0.29, 0.717) is 17.1 Å². The van der Waals surface area contributed by atoms with E-state index in [1.165, 1.54) is 24.8 Å². The van der Waals surface area contributed by atoms with Gasteiger partial charge in [-0.25, -0.2) is 13.1 Å². The van der Waals surface area contributed by atoms with E-state index in [9.17, 15) is 8.42 Å². The quantitative estimate of drug-likeness (QED) is 0.765. The molecule has 0 saturated carbocycles. The predicted octanol–water partition coefficient (Wildman–Crippen LogP) is 4.05. The van der Waals surface area contributed by atoms with Crippen molar-refractivity contribution in [3.05, 3.63) is 57.2 Å². The molecule has 2 aromatic rings. The second kappa shape index (κ2) is 8.64. The summed E-state index contributed by atoms with van der Waals surface area (Å²) < 4.78 is 27.8. The Hall–Kier alpha value is -0.920. The van der Waals surface area contributed by atoms with Crippen molar-refractivity contribution in [2.24, 2.45) is 0 Å². The fourth-order valence-corrected chi connectivity index (χ4v) is 5.31. The van der Waals surface area contributed by atoms with Gasteiger partial charge in [0.2, 0.25) is 10.0 Å². The Morgan fingerprint density at radius 1 is 1.20 bits per heavy atom. The van der Waals surface area contributed by atoms with Gasteiger partial charge in [-0.3, -0.25) is 4.90 Å². The number of nitrogens with zero attached hydrogens (tertiary/aromatic N) is 1. The van der Waals surface area contributed by atoms with Crippen LogP contribution in [-0.2, 0) is 15.8 Å². The number of thiophene rings is 1. The van der Waals surface area contributed by atoms with Gasteiger partial charge in [0.1, 0.15) is 0 Å². The number of likely N-dealkylation sites (tertiary alicyclic amines) is 1. The molecule has 0 radical (unpaired) electrons. The van der Waals surface area contributed by atoms with Crippen molar-refractivity contribution >= 4 is 33.0 Å². The van der Waals surface area contributed by atoms with Crippen LogP contribution in [0, 0.1) is 0 Å². The van der Waals surface area contributed by atoms with Crippen LogP contribution in [0.15, 0.2) is 41.1 Å². The monoisotopic (exact) mass is 398 g/mol. The first-order chi connectivity index (χ1) is 12.0. The zero-order valence-electron chi connectivity index (χ0n) is 14.0. The molecule has 0 bridgehead atoms. The summed E-state index contributed by atoms with van der Waals surface area (Å²) in [5.41, 5.74) is 1.89. The average molecular weight is 399 g/mol. The molecule has 1 unspecified atom stereocenters. The Morgan fingerprint density at radius 2 is 2.00 bits per heavy atom.